The summed E-state index contributed by atoms with van der Waals surface area (Å²) in [6.45, 7) is 6.54. The van der Waals surface area contributed by atoms with Crippen LogP contribution in [0.3, 0.4) is 0 Å². The van der Waals surface area contributed by atoms with E-state index in [1.54, 1.807) is 24.2 Å². The van der Waals surface area contributed by atoms with Gasteiger partial charge in [0.25, 0.3) is 0 Å². The summed E-state index contributed by atoms with van der Waals surface area (Å²) in [5, 5.41) is 5.40. The molecule has 3 heteroatoms. The van der Waals surface area contributed by atoms with Gasteiger partial charge < -0.3 is 24.8 Å². The zero-order chi connectivity index (χ0) is 20.4. The van der Waals surface area contributed by atoms with Gasteiger partial charge in [0, 0.05) is 0 Å². The number of rotatable bonds is 2. The van der Waals surface area contributed by atoms with Crippen LogP contribution in [0.4, 0.5) is 0 Å². The number of benzene rings is 3. The average molecular weight is 524 g/mol. The Morgan fingerprint density at radius 3 is 2.13 bits per heavy atom. The maximum atomic E-state index is 2.38. The Bertz CT molecular complexity index is 1240. The fourth-order valence-electron chi connectivity index (χ4n) is 4.07. The zero-order valence-corrected chi connectivity index (χ0v) is 22.0. The Hall–Kier alpha value is -1.66. The van der Waals surface area contributed by atoms with E-state index in [9.17, 15) is 0 Å². The molecule has 0 fully saturated rings. The summed E-state index contributed by atoms with van der Waals surface area (Å²) >= 11 is 1.55. The molecule has 1 aliphatic rings. The summed E-state index contributed by atoms with van der Waals surface area (Å²) in [6.07, 6.45) is 4.75. The van der Waals surface area contributed by atoms with Crippen molar-refractivity contribution in [2.75, 3.05) is 0 Å². The number of halogens is 2. The van der Waals surface area contributed by atoms with E-state index in [1.165, 1.54) is 47.0 Å². The molecule has 0 N–H and O–H groups in total. The van der Waals surface area contributed by atoms with Crippen molar-refractivity contribution in [3.05, 3.63) is 102 Å². The van der Waals surface area contributed by atoms with Crippen LogP contribution in [-0.4, -0.2) is 3.21 Å². The van der Waals surface area contributed by atoms with Gasteiger partial charge in [-0.05, 0) is 17.1 Å². The van der Waals surface area contributed by atoms with Crippen LogP contribution in [0.5, 0.6) is 0 Å². The predicted molar refractivity (Wildman–Crippen MR) is 125 cm³/mol. The molecule has 0 aliphatic heterocycles. The van der Waals surface area contributed by atoms with Gasteiger partial charge in [-0.3, -0.25) is 0 Å². The first kappa shape index (κ1) is 25.6. The predicted octanol–water partition coefficient (Wildman–Crippen LogP) is 1.58. The Kier molecular flexibility index (Phi) is 9.32. The van der Waals surface area contributed by atoms with E-state index < -0.39 is 0 Å². The van der Waals surface area contributed by atoms with Crippen LogP contribution < -0.4 is 24.8 Å². The molecule has 1 unspecified atom stereocenters. The monoisotopic (exact) mass is 521 g/mol. The third-order valence-electron chi connectivity index (χ3n) is 5.31. The molecule has 5 rings (SSSR count). The molecule has 156 valence electrons. The first-order valence-corrected chi connectivity index (χ1v) is 11.4. The molecule has 0 saturated heterocycles. The van der Waals surface area contributed by atoms with Gasteiger partial charge >= 0.3 is 41.3 Å². The fourth-order valence-corrected chi connectivity index (χ4v) is 4.07. The SMILES string of the molecule is CC1C=C(c2ccccc2)C=C1c1cccc2c1[cH-]c1ccccc12.C[C](C)=[Zr+2].[Cl-].[Cl-]. The van der Waals surface area contributed by atoms with Crippen LogP contribution in [0.1, 0.15) is 31.9 Å². The van der Waals surface area contributed by atoms with Gasteiger partial charge in [-0.2, -0.15) is 0 Å². The van der Waals surface area contributed by atoms with E-state index in [0.29, 0.717) is 5.92 Å². The molecule has 0 radical (unpaired) electrons. The number of hydrogen-bond acceptors (Lipinski definition) is 0. The Balaban J connectivity index is 0.000000527. The second-order valence-electron chi connectivity index (χ2n) is 7.87. The summed E-state index contributed by atoms with van der Waals surface area (Å²) < 4.78 is 1.51. The molecule has 1 atom stereocenters. The van der Waals surface area contributed by atoms with E-state index in [0.717, 1.165) is 0 Å². The molecule has 0 heterocycles. The van der Waals surface area contributed by atoms with Gasteiger partial charge in [0.2, 0.25) is 0 Å². The van der Waals surface area contributed by atoms with E-state index in [1.807, 2.05) is 0 Å². The molecule has 0 spiro atoms. The normalized spacial score (nSPS) is 14.7. The summed E-state index contributed by atoms with van der Waals surface area (Å²) in [6, 6.07) is 28.4. The summed E-state index contributed by atoms with van der Waals surface area (Å²) in [7, 11) is 0. The smallest absolute Gasteiger partial charge is 1.00 e. The van der Waals surface area contributed by atoms with Crippen molar-refractivity contribution < 1.29 is 49.0 Å². The molecule has 0 saturated carbocycles. The Morgan fingerprint density at radius 1 is 0.806 bits per heavy atom. The van der Waals surface area contributed by atoms with Crippen molar-refractivity contribution in [3.63, 3.8) is 0 Å². The van der Waals surface area contributed by atoms with Gasteiger partial charge in [0.1, 0.15) is 0 Å². The van der Waals surface area contributed by atoms with E-state index in [4.69, 9.17) is 0 Å². The van der Waals surface area contributed by atoms with Crippen molar-refractivity contribution in [2.45, 2.75) is 20.8 Å². The molecule has 0 nitrogen and oxygen atoms in total. The third-order valence-corrected chi connectivity index (χ3v) is 5.31. The number of allylic oxidation sites excluding steroid dienone is 4. The molecule has 0 aromatic heterocycles. The van der Waals surface area contributed by atoms with Gasteiger partial charge in [-0.25, -0.2) is 0 Å². The molecular weight excluding hydrogens is 498 g/mol. The average Bonchev–Trinajstić information content (AvgIpc) is 3.29. The summed E-state index contributed by atoms with van der Waals surface area (Å²) in [5.41, 5.74) is 5.41. The number of hydrogen-bond donors (Lipinski definition) is 0. The minimum Gasteiger partial charge on any atom is -1.00 e. The van der Waals surface area contributed by atoms with Crippen LogP contribution in [-0.2, 0) is 24.2 Å². The molecule has 0 bridgehead atoms. The van der Waals surface area contributed by atoms with Crippen molar-refractivity contribution in [1.29, 1.82) is 0 Å². The second-order valence-corrected chi connectivity index (χ2v) is 10.3. The van der Waals surface area contributed by atoms with Crippen molar-refractivity contribution in [3.8, 4) is 0 Å². The zero-order valence-electron chi connectivity index (χ0n) is 18.0. The molecule has 1 aliphatic carbocycles. The van der Waals surface area contributed by atoms with Crippen LogP contribution in [0, 0.1) is 5.92 Å². The quantitative estimate of drug-likeness (QED) is 0.350. The molecular formula is C28H25Cl2Zr-. The largest absolute Gasteiger partial charge is 1.00 e. The molecule has 31 heavy (non-hydrogen) atoms. The van der Waals surface area contributed by atoms with Gasteiger partial charge in [0.05, 0.1) is 0 Å². The van der Waals surface area contributed by atoms with Crippen LogP contribution in [0.25, 0.3) is 32.7 Å². The fraction of sp³-hybridized carbons (Fsp3) is 0.143. The van der Waals surface area contributed by atoms with Gasteiger partial charge in [-0.1, -0.05) is 96.9 Å². The topological polar surface area (TPSA) is 0 Å². The number of fused-ring (bicyclic) bond motifs is 3. The van der Waals surface area contributed by atoms with Gasteiger partial charge in [0.15, 0.2) is 0 Å². The van der Waals surface area contributed by atoms with E-state index >= 15 is 0 Å². The third kappa shape index (κ3) is 5.59. The summed E-state index contributed by atoms with van der Waals surface area (Å²) in [4.78, 5) is 0. The van der Waals surface area contributed by atoms with E-state index in [-0.39, 0.29) is 24.8 Å². The van der Waals surface area contributed by atoms with Crippen LogP contribution in [0.15, 0.2) is 91.0 Å². The molecule has 4 aromatic rings. The van der Waals surface area contributed by atoms with Gasteiger partial charge in [-0.15, -0.1) is 33.7 Å². The molecule has 0 amide bonds. The summed E-state index contributed by atoms with van der Waals surface area (Å²) in [5.74, 6) is 0.429. The maximum absolute atomic E-state index is 2.38. The van der Waals surface area contributed by atoms with Crippen LogP contribution in [0.2, 0.25) is 0 Å². The van der Waals surface area contributed by atoms with Crippen molar-refractivity contribution in [2.24, 2.45) is 5.92 Å². The standard InChI is InChI=1S/C25H19.C3H6.2ClH.Zr/c1-17-14-20(18-8-3-2-4-9-18)16-24(17)23-13-7-12-22-21-11-6-5-10-19(21)15-25(22)23;1-3-2;;;/h2-17H,1H3;1-2H3;2*1H;/q-1;;;;+2/p-2. The first-order valence-electron chi connectivity index (χ1n) is 10.1. The minimum absolute atomic E-state index is 0. The van der Waals surface area contributed by atoms with E-state index in [2.05, 4.69) is 112 Å². The van der Waals surface area contributed by atoms with Crippen LogP contribution >= 0.6 is 0 Å². The Labute approximate surface area is 212 Å². The van der Waals surface area contributed by atoms with Crippen molar-refractivity contribution in [1.82, 2.24) is 0 Å². The Morgan fingerprint density at radius 2 is 1.42 bits per heavy atom. The molecule has 4 aromatic carbocycles. The first-order chi connectivity index (χ1) is 14.0. The van der Waals surface area contributed by atoms with Crippen molar-refractivity contribution >= 4 is 35.9 Å². The minimum atomic E-state index is 0. The maximum Gasteiger partial charge on any atom is -1.00 e. The second kappa shape index (κ2) is 11.3.